The zero-order valence-corrected chi connectivity index (χ0v) is 28.3. The summed E-state index contributed by atoms with van der Waals surface area (Å²) < 4.78 is 32.4. The zero-order valence-electron chi connectivity index (χ0n) is 14.0. The van der Waals surface area contributed by atoms with Gasteiger partial charge in [-0.1, -0.05) is 0 Å². The van der Waals surface area contributed by atoms with Gasteiger partial charge in [-0.3, -0.25) is 0 Å². The summed E-state index contributed by atoms with van der Waals surface area (Å²) >= 11 is 9.03. The van der Waals surface area contributed by atoms with Crippen molar-refractivity contribution in [3.05, 3.63) is 60.7 Å². The van der Waals surface area contributed by atoms with E-state index in [9.17, 15) is 0 Å². The second-order valence-corrected chi connectivity index (χ2v) is 66.1. The fraction of sp³-hybridized carbons (Fsp3) is 0. The number of halogens is 2. The van der Waals surface area contributed by atoms with Crippen LogP contribution in [0.1, 0.15) is 0 Å². The van der Waals surface area contributed by atoms with Gasteiger partial charge in [0, 0.05) is 0 Å². The normalized spacial score (nSPS) is 18.6. The molecule has 148 valence electrons. The summed E-state index contributed by atoms with van der Waals surface area (Å²) in [7, 11) is -6.78. The first-order valence-electron chi connectivity index (χ1n) is 7.82. The Balaban J connectivity index is 2.06. The Bertz CT molecular complexity index is 1110. The fourth-order valence-electron chi connectivity index (χ4n) is 3.18. The van der Waals surface area contributed by atoms with Gasteiger partial charge in [0.15, 0.2) is 0 Å². The molecule has 10 heteroatoms. The third-order valence-electron chi connectivity index (χ3n) is 4.46. The third kappa shape index (κ3) is 4.43. The average Bonchev–Trinajstić information content (AvgIpc) is 2.69. The summed E-state index contributed by atoms with van der Waals surface area (Å²) in [6, 6.07) is 20.8. The van der Waals surface area contributed by atoms with Crippen molar-refractivity contribution >= 4 is 140 Å². The average molecular weight is 900 g/mol. The quantitative estimate of drug-likeness (QED) is 0.204. The van der Waals surface area contributed by atoms with E-state index in [4.69, 9.17) is 0 Å². The van der Waals surface area contributed by atoms with Crippen LogP contribution in [0, 0.1) is 0 Å². The molecular formula is C18H14F2Se8. The Hall–Kier alpha value is 1.68. The summed E-state index contributed by atoms with van der Waals surface area (Å²) in [6.07, 6.45) is 0. The Morgan fingerprint density at radius 1 is 0.571 bits per heavy atom. The molecule has 0 aliphatic heterocycles. The second kappa shape index (κ2) is 8.90. The van der Waals surface area contributed by atoms with Gasteiger partial charge in [-0.2, -0.15) is 0 Å². The molecule has 2 atom stereocenters. The van der Waals surface area contributed by atoms with Crippen LogP contribution in [0.3, 0.4) is 0 Å². The first-order chi connectivity index (χ1) is 13.2. The molecule has 2 unspecified atom stereocenters. The summed E-state index contributed by atoms with van der Waals surface area (Å²) in [5.41, 5.74) is 0. The predicted octanol–water partition coefficient (Wildman–Crippen LogP) is 0.219. The minimum absolute atomic E-state index is 0.200. The molecule has 0 saturated carbocycles. The molecule has 0 amide bonds. The van der Waals surface area contributed by atoms with Gasteiger partial charge in [-0.25, -0.2) is 0 Å². The van der Waals surface area contributed by atoms with E-state index >= 15 is 7.10 Å². The number of fused-ring (bicyclic) bond motifs is 3. The van der Waals surface area contributed by atoms with Crippen molar-refractivity contribution in [3.63, 3.8) is 0 Å². The Labute approximate surface area is 204 Å². The molecule has 0 bridgehead atoms. The molecule has 0 spiro atoms. The van der Waals surface area contributed by atoms with Gasteiger partial charge in [-0.15, -0.1) is 0 Å². The van der Waals surface area contributed by atoms with Gasteiger partial charge in [0.1, 0.15) is 0 Å². The topological polar surface area (TPSA) is 0 Å². The number of hydrogen-bond donors (Lipinski definition) is 0. The maximum absolute atomic E-state index is 15.5. The third-order valence-corrected chi connectivity index (χ3v) is 83.8. The van der Waals surface area contributed by atoms with Crippen LogP contribution in [-0.2, 0) is 0 Å². The van der Waals surface area contributed by atoms with Crippen molar-refractivity contribution in [2.75, 3.05) is 0 Å². The molecule has 4 aromatic rings. The summed E-state index contributed by atoms with van der Waals surface area (Å²) in [5.74, 6) is 0. The van der Waals surface area contributed by atoms with E-state index in [-0.39, 0.29) is 22.6 Å². The molecule has 0 fully saturated rings. The number of hydrogen-bond acceptors (Lipinski definition) is 0. The van der Waals surface area contributed by atoms with E-state index < -0.39 is 19.3 Å². The van der Waals surface area contributed by atoms with Gasteiger partial charge >= 0.3 is 208 Å². The Morgan fingerprint density at radius 2 is 0.893 bits per heavy atom. The molecule has 0 aliphatic carbocycles. The van der Waals surface area contributed by atoms with Gasteiger partial charge in [0.25, 0.3) is 0 Å². The van der Waals surface area contributed by atoms with E-state index in [0.29, 0.717) is 8.92 Å². The molecule has 0 heterocycles. The van der Waals surface area contributed by atoms with Crippen molar-refractivity contribution < 1.29 is 7.10 Å². The molecule has 0 saturated heterocycles. The van der Waals surface area contributed by atoms with Crippen molar-refractivity contribution in [1.29, 1.82) is 0 Å². The van der Waals surface area contributed by atoms with E-state index in [1.807, 2.05) is 24.3 Å². The van der Waals surface area contributed by atoms with Gasteiger partial charge in [0.05, 0.1) is 0 Å². The number of rotatable bonds is 4. The van der Waals surface area contributed by atoms with Gasteiger partial charge < -0.3 is 0 Å². The summed E-state index contributed by atoms with van der Waals surface area (Å²) in [6.45, 7) is 0. The second-order valence-electron chi connectivity index (χ2n) is 6.11. The molecule has 28 heavy (non-hydrogen) atoms. The van der Waals surface area contributed by atoms with Crippen molar-refractivity contribution in [2.45, 2.75) is 0 Å². The first kappa shape index (κ1) is 22.9. The monoisotopic (exact) mass is 907 g/mol. The van der Waals surface area contributed by atoms with Crippen LogP contribution in [0.4, 0.5) is 7.10 Å². The number of benzene rings is 4. The van der Waals surface area contributed by atoms with Crippen LogP contribution in [0.5, 0.6) is 0 Å². The summed E-state index contributed by atoms with van der Waals surface area (Å²) in [4.78, 5) is 0. The van der Waals surface area contributed by atoms with Gasteiger partial charge in [0.2, 0.25) is 0 Å². The Morgan fingerprint density at radius 3 is 1.25 bits per heavy atom. The maximum atomic E-state index is 15.5. The van der Waals surface area contributed by atoms with Crippen LogP contribution >= 0.6 is 0 Å². The predicted molar refractivity (Wildman–Crippen MR) is 132 cm³/mol. The fourth-order valence-corrected chi connectivity index (χ4v) is 31.5. The molecule has 0 aliphatic rings. The van der Waals surface area contributed by atoms with E-state index in [1.54, 1.807) is 0 Å². The van der Waals surface area contributed by atoms with E-state index in [1.165, 1.54) is 10.8 Å². The molecule has 4 rings (SSSR count). The molecule has 0 nitrogen and oxygen atoms in total. The first-order valence-corrected chi connectivity index (χ1v) is 38.5. The van der Waals surface area contributed by atoms with Gasteiger partial charge in [-0.05, 0) is 0 Å². The minimum atomic E-state index is -3.39. The molecule has 0 N–H and O–H groups in total. The van der Waals surface area contributed by atoms with Crippen LogP contribution in [0.15, 0.2) is 60.7 Å². The zero-order chi connectivity index (χ0) is 20.1. The SMILES string of the molecule is F[Se]([SeH])([Se][SeH])c1cc2cc3cc4ccccc4cc3cc2cc1[Se](F)([SeH])[Se][SeH]. The standard InChI is InChI=1S/C18H14F2Se8/c19-27(23,25-21)17-9-15-7-13-5-11-3-1-2-4-12(11)6-14(13)8-16(15)10-18(17)28(20,24)26-22/h1-10,21-24H. The molecule has 4 aromatic carbocycles. The molecule has 0 aromatic heterocycles. The van der Waals surface area contributed by atoms with E-state index in [2.05, 4.69) is 93.1 Å². The van der Waals surface area contributed by atoms with E-state index in [0.717, 1.165) is 21.5 Å². The molecular weight excluding hydrogens is 886 g/mol. The van der Waals surface area contributed by atoms with Crippen LogP contribution < -0.4 is 8.92 Å². The Kier molecular flexibility index (Phi) is 7.27. The van der Waals surface area contributed by atoms with Crippen LogP contribution in [0.25, 0.3) is 32.3 Å². The van der Waals surface area contributed by atoms with Crippen molar-refractivity contribution in [3.8, 4) is 0 Å². The van der Waals surface area contributed by atoms with Crippen molar-refractivity contribution in [2.24, 2.45) is 0 Å². The van der Waals surface area contributed by atoms with Crippen molar-refractivity contribution in [1.82, 2.24) is 0 Å². The summed E-state index contributed by atoms with van der Waals surface area (Å²) in [5, 5.41) is 6.66. The van der Waals surface area contributed by atoms with Crippen LogP contribution in [-0.4, -0.2) is 98.7 Å². The molecule has 0 radical (unpaired) electrons. The van der Waals surface area contributed by atoms with Crippen LogP contribution in [0.2, 0.25) is 0 Å².